The van der Waals surface area contributed by atoms with E-state index in [0.29, 0.717) is 39.6 Å². The lowest BCUT2D eigenvalue weighted by Crippen LogP contribution is -2.56. The summed E-state index contributed by atoms with van der Waals surface area (Å²) in [4.78, 5) is 0. The fourth-order valence-electron chi connectivity index (χ4n) is 4.03. The number of hydrogen-bond donors (Lipinski definition) is 0. The zero-order chi connectivity index (χ0) is 28.8. The molecule has 7 heteroatoms. The van der Waals surface area contributed by atoms with Gasteiger partial charge in [-0.1, -0.05) is 41.5 Å². The molecule has 2 unspecified atom stereocenters. The summed E-state index contributed by atoms with van der Waals surface area (Å²) in [6.45, 7) is 30.9. The molecule has 0 bridgehead atoms. The molecule has 7 atom stereocenters. The number of rotatable bonds is 22. The predicted octanol–water partition coefficient (Wildman–Crippen LogP) is 6.16. The summed E-state index contributed by atoms with van der Waals surface area (Å²) < 4.78 is 42.5. The Hall–Kier alpha value is -0.280. The fraction of sp³-hybridized carbons (Fsp3) is 1.00. The van der Waals surface area contributed by atoms with Crippen molar-refractivity contribution >= 4 is 0 Å². The van der Waals surface area contributed by atoms with E-state index in [4.69, 9.17) is 33.2 Å². The van der Waals surface area contributed by atoms with Gasteiger partial charge in [-0.2, -0.15) is 0 Å². The quantitative estimate of drug-likeness (QED) is 0.165. The van der Waals surface area contributed by atoms with Crippen molar-refractivity contribution in [1.29, 1.82) is 0 Å². The Morgan fingerprint density at radius 2 is 1.08 bits per heavy atom. The number of ether oxygens (including phenoxy) is 7. The molecule has 0 radical (unpaired) electrons. The molecule has 7 nitrogen and oxygen atoms in total. The minimum absolute atomic E-state index is 0.0340. The maximum Gasteiger partial charge on any atom is 0.0941 e. The molecule has 0 amide bonds. The van der Waals surface area contributed by atoms with E-state index in [-0.39, 0.29) is 48.3 Å². The molecule has 0 saturated heterocycles. The molecular formula is C30H62O7. The second-order valence-electron chi connectivity index (χ2n) is 12.0. The van der Waals surface area contributed by atoms with Gasteiger partial charge in [0, 0.05) is 13.7 Å². The van der Waals surface area contributed by atoms with Crippen molar-refractivity contribution in [3.63, 3.8) is 0 Å². The van der Waals surface area contributed by atoms with Crippen molar-refractivity contribution in [2.24, 2.45) is 17.8 Å². The highest BCUT2D eigenvalue weighted by Crippen LogP contribution is 2.37. The van der Waals surface area contributed by atoms with Crippen LogP contribution in [-0.2, 0) is 33.2 Å². The molecular weight excluding hydrogens is 472 g/mol. The van der Waals surface area contributed by atoms with E-state index in [9.17, 15) is 0 Å². The van der Waals surface area contributed by atoms with E-state index in [1.807, 2.05) is 34.6 Å². The Labute approximate surface area is 229 Å². The fourth-order valence-corrected chi connectivity index (χ4v) is 4.03. The maximum absolute atomic E-state index is 6.99. The van der Waals surface area contributed by atoms with Gasteiger partial charge >= 0.3 is 0 Å². The smallest absolute Gasteiger partial charge is 0.0941 e. The predicted molar refractivity (Wildman–Crippen MR) is 151 cm³/mol. The van der Waals surface area contributed by atoms with Crippen LogP contribution < -0.4 is 0 Å². The highest BCUT2D eigenvalue weighted by molar-refractivity contribution is 4.94. The number of methoxy groups -OCH3 is 1. The van der Waals surface area contributed by atoms with Crippen molar-refractivity contribution in [3.05, 3.63) is 0 Å². The van der Waals surface area contributed by atoms with E-state index in [1.165, 1.54) is 0 Å². The standard InChI is InChI=1S/C30H62O7/c1-15-32-25(9)17-34-27(11)19-36-30(13,23(6)7)28(21(2)3)37-29(12,22(4)5)20-35-26(10)18-33-24(8)16-31-14/h21-28H,15-20H2,1-14H3/t24-,25-,26-,27?,28?,29-,30+/m1/s1. The summed E-state index contributed by atoms with van der Waals surface area (Å²) >= 11 is 0. The zero-order valence-electron chi connectivity index (χ0n) is 26.7. The lowest BCUT2D eigenvalue weighted by Gasteiger charge is -2.48. The third-order valence-corrected chi connectivity index (χ3v) is 7.30. The lowest BCUT2D eigenvalue weighted by atomic mass is 9.80. The molecule has 224 valence electrons. The molecule has 0 N–H and O–H groups in total. The maximum atomic E-state index is 6.99. The summed E-state index contributed by atoms with van der Waals surface area (Å²) in [5.41, 5.74) is -0.992. The highest BCUT2D eigenvalue weighted by Gasteiger charge is 2.46. The van der Waals surface area contributed by atoms with Crippen molar-refractivity contribution in [2.45, 2.75) is 132 Å². The van der Waals surface area contributed by atoms with Crippen LogP contribution in [0.2, 0.25) is 0 Å². The highest BCUT2D eigenvalue weighted by atomic mass is 16.6. The van der Waals surface area contributed by atoms with Gasteiger partial charge in [0.2, 0.25) is 0 Å². The van der Waals surface area contributed by atoms with E-state index >= 15 is 0 Å². The first-order valence-corrected chi connectivity index (χ1v) is 14.4. The van der Waals surface area contributed by atoms with Gasteiger partial charge in [-0.05, 0) is 66.2 Å². The van der Waals surface area contributed by atoms with Crippen molar-refractivity contribution in [1.82, 2.24) is 0 Å². The Bertz CT molecular complexity index is 570. The molecule has 0 aromatic heterocycles. The number of hydrogen-bond acceptors (Lipinski definition) is 7. The zero-order valence-corrected chi connectivity index (χ0v) is 26.7. The van der Waals surface area contributed by atoms with Crippen LogP contribution in [0.3, 0.4) is 0 Å². The van der Waals surface area contributed by atoms with E-state index < -0.39 is 11.2 Å². The van der Waals surface area contributed by atoms with Gasteiger partial charge in [0.1, 0.15) is 0 Å². The van der Waals surface area contributed by atoms with E-state index in [1.54, 1.807) is 7.11 Å². The van der Waals surface area contributed by atoms with Crippen LogP contribution in [0.1, 0.15) is 90.0 Å². The molecule has 0 aliphatic carbocycles. The van der Waals surface area contributed by atoms with Gasteiger partial charge in [0.25, 0.3) is 0 Å². The molecule has 37 heavy (non-hydrogen) atoms. The Kier molecular flexibility index (Phi) is 18.0. The van der Waals surface area contributed by atoms with Crippen molar-refractivity contribution in [2.75, 3.05) is 46.8 Å². The van der Waals surface area contributed by atoms with Crippen molar-refractivity contribution in [3.8, 4) is 0 Å². The first-order valence-electron chi connectivity index (χ1n) is 14.4. The second-order valence-corrected chi connectivity index (χ2v) is 12.0. The molecule has 0 spiro atoms. The second kappa shape index (κ2) is 18.1. The molecule has 0 rings (SSSR count). The molecule has 0 aliphatic heterocycles. The summed E-state index contributed by atoms with van der Waals surface area (Å²) in [5, 5.41) is 0. The first kappa shape index (κ1) is 36.7. The summed E-state index contributed by atoms with van der Waals surface area (Å²) in [7, 11) is 1.68. The third kappa shape index (κ3) is 13.6. The van der Waals surface area contributed by atoms with Crippen molar-refractivity contribution < 1.29 is 33.2 Å². The molecule has 0 heterocycles. The Balaban J connectivity index is 5.39. The van der Waals surface area contributed by atoms with Crippen LogP contribution in [-0.4, -0.2) is 88.5 Å². The van der Waals surface area contributed by atoms with Crippen LogP contribution in [0.15, 0.2) is 0 Å². The van der Waals surface area contributed by atoms with Gasteiger partial charge in [-0.15, -0.1) is 0 Å². The van der Waals surface area contributed by atoms with Crippen LogP contribution in [0.4, 0.5) is 0 Å². The van der Waals surface area contributed by atoms with Gasteiger partial charge in [-0.25, -0.2) is 0 Å². The molecule has 0 aliphatic rings. The van der Waals surface area contributed by atoms with E-state index in [2.05, 4.69) is 55.4 Å². The van der Waals surface area contributed by atoms with Crippen LogP contribution in [0.25, 0.3) is 0 Å². The van der Waals surface area contributed by atoms with Crippen LogP contribution in [0.5, 0.6) is 0 Å². The lowest BCUT2D eigenvalue weighted by molar-refractivity contribution is -0.245. The molecule has 0 aromatic carbocycles. The summed E-state index contributed by atoms with van der Waals surface area (Å²) in [6.07, 6.45) is -0.130. The topological polar surface area (TPSA) is 64.6 Å². The largest absolute Gasteiger partial charge is 0.382 e. The molecule has 0 saturated carbocycles. The average molecular weight is 535 g/mol. The molecule has 0 fully saturated rings. The summed E-state index contributed by atoms with van der Waals surface area (Å²) in [6, 6.07) is 0. The summed E-state index contributed by atoms with van der Waals surface area (Å²) in [5.74, 6) is 0.727. The van der Waals surface area contributed by atoms with Gasteiger partial charge in [0.15, 0.2) is 0 Å². The minimum Gasteiger partial charge on any atom is -0.382 e. The van der Waals surface area contributed by atoms with Crippen LogP contribution in [0, 0.1) is 17.8 Å². The average Bonchev–Trinajstić information content (AvgIpc) is 2.81. The van der Waals surface area contributed by atoms with E-state index in [0.717, 1.165) is 0 Å². The first-order chi connectivity index (χ1) is 17.1. The minimum atomic E-state index is -0.502. The SMILES string of the molecule is CCO[C@H](C)COC(C)CO[C@@](C)(C(C)C)C(O[C@](C)(CO[C@H](C)CO[C@H](C)COC)C(C)C)C(C)C. The van der Waals surface area contributed by atoms with Gasteiger partial charge < -0.3 is 33.2 Å². The van der Waals surface area contributed by atoms with Gasteiger partial charge in [-0.3, -0.25) is 0 Å². The Morgan fingerprint density at radius 3 is 1.51 bits per heavy atom. The Morgan fingerprint density at radius 1 is 0.595 bits per heavy atom. The normalized spacial score (nSPS) is 20.0. The third-order valence-electron chi connectivity index (χ3n) is 7.30. The van der Waals surface area contributed by atoms with Gasteiger partial charge in [0.05, 0.1) is 74.8 Å². The monoisotopic (exact) mass is 534 g/mol. The molecule has 0 aromatic rings. The van der Waals surface area contributed by atoms with Crippen LogP contribution >= 0.6 is 0 Å².